The highest BCUT2D eigenvalue weighted by molar-refractivity contribution is 9.10. The van der Waals surface area contributed by atoms with E-state index in [1.54, 1.807) is 25.3 Å². The Balaban J connectivity index is 2.19. The molecule has 8 nitrogen and oxygen atoms in total. The van der Waals surface area contributed by atoms with Gasteiger partial charge in [0.1, 0.15) is 5.82 Å². The average Bonchev–Trinajstić information content (AvgIpc) is 2.57. The molecule has 26 heavy (non-hydrogen) atoms. The minimum absolute atomic E-state index is 0.0257. The minimum Gasteiger partial charge on any atom is -0.388 e. The number of benzene rings is 1. The van der Waals surface area contributed by atoms with Gasteiger partial charge in [0.2, 0.25) is 16.0 Å². The first kappa shape index (κ1) is 20.6. The van der Waals surface area contributed by atoms with E-state index in [2.05, 4.69) is 36.5 Å². The molecule has 1 aromatic carbocycles. The third-order valence-corrected chi connectivity index (χ3v) is 5.69. The van der Waals surface area contributed by atoms with Crippen LogP contribution in [0.25, 0.3) is 0 Å². The number of anilines is 3. The number of aliphatic hydroxyl groups is 1. The maximum absolute atomic E-state index is 11.3. The summed E-state index contributed by atoms with van der Waals surface area (Å²) in [5.74, 6) is 0.854. The molecule has 0 bridgehead atoms. The largest absolute Gasteiger partial charge is 0.388 e. The molecule has 10 heteroatoms. The zero-order chi connectivity index (χ0) is 19.5. The number of hydrogen-bond donors (Lipinski definition) is 4. The molecular formula is C16H22BrN5O3S. The van der Waals surface area contributed by atoms with Crippen molar-refractivity contribution in [3.8, 4) is 0 Å². The Bertz CT molecular complexity index is 872. The van der Waals surface area contributed by atoms with E-state index >= 15 is 0 Å². The van der Waals surface area contributed by atoms with Gasteiger partial charge in [-0.1, -0.05) is 6.92 Å². The van der Waals surface area contributed by atoms with Gasteiger partial charge in [0.15, 0.2) is 0 Å². The van der Waals surface area contributed by atoms with Crippen LogP contribution in [0.5, 0.6) is 0 Å². The maximum atomic E-state index is 11.3. The van der Waals surface area contributed by atoms with E-state index in [1.165, 1.54) is 12.1 Å². The number of hydrogen-bond acceptors (Lipinski definition) is 7. The fraction of sp³-hybridized carbons (Fsp3) is 0.375. The number of rotatable bonds is 7. The molecule has 2 rings (SSSR count). The first-order chi connectivity index (χ1) is 12.0. The molecule has 0 aliphatic heterocycles. The van der Waals surface area contributed by atoms with Gasteiger partial charge in [0.05, 0.1) is 21.0 Å². The van der Waals surface area contributed by atoms with Gasteiger partial charge in [-0.15, -0.1) is 0 Å². The van der Waals surface area contributed by atoms with Gasteiger partial charge in [-0.05, 0) is 60.5 Å². The van der Waals surface area contributed by atoms with E-state index in [0.29, 0.717) is 28.3 Å². The molecule has 0 aliphatic rings. The zero-order valence-electron chi connectivity index (χ0n) is 14.7. The molecule has 2 atom stereocenters. The molecule has 0 saturated carbocycles. The number of halogens is 1. The molecule has 0 radical (unpaired) electrons. The fourth-order valence-electron chi connectivity index (χ4n) is 2.05. The van der Waals surface area contributed by atoms with E-state index in [1.807, 2.05) is 13.8 Å². The lowest BCUT2D eigenvalue weighted by Crippen LogP contribution is -2.42. The average molecular weight is 444 g/mol. The molecule has 5 N–H and O–H groups in total. The Morgan fingerprint density at radius 2 is 1.96 bits per heavy atom. The molecule has 0 amide bonds. The van der Waals surface area contributed by atoms with Gasteiger partial charge in [-0.25, -0.2) is 18.5 Å². The van der Waals surface area contributed by atoms with Crippen molar-refractivity contribution in [1.29, 1.82) is 0 Å². The first-order valence-electron chi connectivity index (χ1n) is 7.94. The lowest BCUT2D eigenvalue weighted by Gasteiger charge is -2.30. The van der Waals surface area contributed by atoms with Crippen LogP contribution in [0.2, 0.25) is 0 Å². The monoisotopic (exact) mass is 443 g/mol. The predicted molar refractivity (Wildman–Crippen MR) is 105 cm³/mol. The maximum Gasteiger partial charge on any atom is 0.238 e. The third-order valence-electron chi connectivity index (χ3n) is 4.18. The van der Waals surface area contributed by atoms with Crippen LogP contribution in [0.3, 0.4) is 0 Å². The van der Waals surface area contributed by atoms with Gasteiger partial charge < -0.3 is 15.7 Å². The molecule has 2 aromatic rings. The van der Waals surface area contributed by atoms with Crippen molar-refractivity contribution in [2.24, 2.45) is 5.14 Å². The van der Waals surface area contributed by atoms with Gasteiger partial charge >= 0.3 is 0 Å². The summed E-state index contributed by atoms with van der Waals surface area (Å²) in [6, 6.07) is 5.71. The Morgan fingerprint density at radius 3 is 2.50 bits per heavy atom. The van der Waals surface area contributed by atoms with Crippen LogP contribution < -0.4 is 15.8 Å². The van der Waals surface area contributed by atoms with Crippen LogP contribution in [0.1, 0.15) is 27.2 Å². The summed E-state index contributed by atoms with van der Waals surface area (Å²) in [5, 5.41) is 21.6. The smallest absolute Gasteiger partial charge is 0.238 e. The van der Waals surface area contributed by atoms with Crippen molar-refractivity contribution < 1.29 is 13.5 Å². The van der Waals surface area contributed by atoms with Crippen molar-refractivity contribution in [2.45, 2.75) is 43.7 Å². The van der Waals surface area contributed by atoms with Gasteiger partial charge in [0.25, 0.3) is 0 Å². The van der Waals surface area contributed by atoms with Crippen LogP contribution in [0, 0.1) is 0 Å². The van der Waals surface area contributed by atoms with E-state index in [4.69, 9.17) is 5.14 Å². The van der Waals surface area contributed by atoms with E-state index in [0.717, 1.165) is 0 Å². The normalized spacial score (nSPS) is 15.2. The molecule has 0 spiro atoms. The summed E-state index contributed by atoms with van der Waals surface area (Å²) < 4.78 is 23.2. The Labute approximate surface area is 161 Å². The highest BCUT2D eigenvalue weighted by Gasteiger charge is 2.27. The summed E-state index contributed by atoms with van der Waals surface area (Å²) >= 11 is 3.39. The topological polar surface area (TPSA) is 130 Å². The van der Waals surface area contributed by atoms with Crippen molar-refractivity contribution in [2.75, 3.05) is 10.6 Å². The van der Waals surface area contributed by atoms with Crippen LogP contribution in [-0.2, 0) is 10.0 Å². The Hall–Kier alpha value is -1.75. The summed E-state index contributed by atoms with van der Waals surface area (Å²) in [6.07, 6.45) is 2.18. The minimum atomic E-state index is -3.73. The summed E-state index contributed by atoms with van der Waals surface area (Å²) in [6.45, 7) is 5.54. The van der Waals surface area contributed by atoms with Crippen LogP contribution in [-0.4, -0.2) is 35.1 Å². The fourth-order valence-corrected chi connectivity index (χ4v) is 2.87. The summed E-state index contributed by atoms with van der Waals surface area (Å²) in [5.41, 5.74) is -0.277. The number of sulfonamides is 1. The SMILES string of the molecule is CCC(C)(O)C(C)Nc1nc(Nc2ccc(S(N)(=O)=O)cc2)ncc1Br. The Morgan fingerprint density at radius 1 is 1.35 bits per heavy atom. The van der Waals surface area contributed by atoms with E-state index in [9.17, 15) is 13.5 Å². The lowest BCUT2D eigenvalue weighted by atomic mass is 9.95. The lowest BCUT2D eigenvalue weighted by molar-refractivity contribution is 0.0410. The van der Waals surface area contributed by atoms with Crippen molar-refractivity contribution in [3.05, 3.63) is 34.9 Å². The summed E-state index contributed by atoms with van der Waals surface area (Å²) in [7, 11) is -3.73. The van der Waals surface area contributed by atoms with Gasteiger partial charge in [0, 0.05) is 11.9 Å². The third kappa shape index (κ3) is 5.13. The highest BCUT2D eigenvalue weighted by atomic mass is 79.9. The quantitative estimate of drug-likeness (QED) is 0.516. The van der Waals surface area contributed by atoms with E-state index < -0.39 is 15.6 Å². The Kier molecular flexibility index (Phi) is 6.22. The molecule has 1 heterocycles. The first-order valence-corrected chi connectivity index (χ1v) is 10.3. The van der Waals surface area contributed by atoms with Crippen molar-refractivity contribution >= 4 is 43.4 Å². The number of primary sulfonamides is 1. The number of nitrogens with zero attached hydrogens (tertiary/aromatic N) is 2. The predicted octanol–water partition coefficient (Wildman–Crippen LogP) is 2.59. The number of aromatic nitrogens is 2. The highest BCUT2D eigenvalue weighted by Crippen LogP contribution is 2.25. The second-order valence-electron chi connectivity index (χ2n) is 6.16. The van der Waals surface area contributed by atoms with Crippen molar-refractivity contribution in [1.82, 2.24) is 9.97 Å². The molecule has 0 aliphatic carbocycles. The zero-order valence-corrected chi connectivity index (χ0v) is 17.1. The molecule has 0 saturated heterocycles. The number of nitrogens with one attached hydrogen (secondary N) is 2. The summed E-state index contributed by atoms with van der Waals surface area (Å²) in [4.78, 5) is 8.60. The standard InChI is InChI=1S/C16H22BrN5O3S/c1-4-16(3,23)10(2)20-14-13(17)9-19-15(22-14)21-11-5-7-12(8-6-11)26(18,24)25/h5-10,23H,4H2,1-3H3,(H2,18,24,25)(H2,19,20,21,22). The second-order valence-corrected chi connectivity index (χ2v) is 8.58. The van der Waals surface area contributed by atoms with Crippen molar-refractivity contribution in [3.63, 3.8) is 0 Å². The van der Waals surface area contributed by atoms with Crippen LogP contribution in [0.15, 0.2) is 39.8 Å². The number of nitrogens with two attached hydrogens (primary N) is 1. The van der Waals surface area contributed by atoms with Gasteiger partial charge in [-0.3, -0.25) is 0 Å². The molecular weight excluding hydrogens is 422 g/mol. The molecule has 2 unspecified atom stereocenters. The molecule has 142 valence electrons. The van der Waals surface area contributed by atoms with Gasteiger partial charge in [-0.2, -0.15) is 4.98 Å². The second kappa shape index (κ2) is 7.87. The van der Waals surface area contributed by atoms with Crippen LogP contribution >= 0.6 is 15.9 Å². The van der Waals surface area contributed by atoms with E-state index in [-0.39, 0.29) is 10.9 Å². The molecule has 1 aromatic heterocycles. The van der Waals surface area contributed by atoms with Crippen LogP contribution in [0.4, 0.5) is 17.5 Å². The molecule has 0 fully saturated rings.